The smallest absolute Gasteiger partial charge is 0.281 e. The zero-order chi connectivity index (χ0) is 17.0. The van der Waals surface area contributed by atoms with Crippen molar-refractivity contribution in [3.05, 3.63) is 0 Å². The van der Waals surface area contributed by atoms with Gasteiger partial charge in [0, 0.05) is 49.2 Å². The quantitative estimate of drug-likeness (QED) is 0.467. The van der Waals surface area contributed by atoms with Crippen molar-refractivity contribution in [3.8, 4) is 0 Å². The SMILES string of the molecule is O=C(SCCSSCCSC(=O)N1CCOCC1)N1CCOCC1. The number of hydrogen-bond donors (Lipinski definition) is 0. The van der Waals surface area contributed by atoms with Gasteiger partial charge < -0.3 is 19.3 Å². The first kappa shape index (κ1) is 20.6. The lowest BCUT2D eigenvalue weighted by Gasteiger charge is -2.26. The third-order valence-corrected chi connectivity index (χ3v) is 8.16. The molecule has 2 saturated heterocycles. The molecule has 0 aromatic heterocycles. The van der Waals surface area contributed by atoms with Crippen molar-refractivity contribution in [2.45, 2.75) is 0 Å². The molecule has 0 aromatic rings. The number of ether oxygens (including phenoxy) is 2. The molecular weight excluding hydrogens is 388 g/mol. The predicted molar refractivity (Wildman–Crippen MR) is 105 cm³/mol. The molecule has 0 N–H and O–H groups in total. The Balaban J connectivity index is 1.40. The lowest BCUT2D eigenvalue weighted by molar-refractivity contribution is 0.0593. The van der Waals surface area contributed by atoms with Gasteiger partial charge in [0.15, 0.2) is 0 Å². The molecule has 2 rings (SSSR count). The standard InChI is InChI=1S/C14H24N2O4S4/c17-13(15-1-5-19-6-2-15)21-9-11-23-24-12-10-22-14(18)16-3-7-20-8-4-16/h1-12H2. The molecule has 2 heterocycles. The maximum atomic E-state index is 11.9. The normalized spacial score (nSPS) is 18.7. The third-order valence-electron chi connectivity index (χ3n) is 3.41. The molecule has 10 heteroatoms. The number of amides is 2. The minimum Gasteiger partial charge on any atom is -0.378 e. The fourth-order valence-corrected chi connectivity index (χ4v) is 6.58. The molecule has 138 valence electrons. The Morgan fingerprint density at radius 2 is 1.04 bits per heavy atom. The van der Waals surface area contributed by atoms with Crippen molar-refractivity contribution < 1.29 is 19.1 Å². The third kappa shape index (κ3) is 8.09. The van der Waals surface area contributed by atoms with Gasteiger partial charge in [-0.25, -0.2) is 0 Å². The maximum Gasteiger partial charge on any atom is 0.281 e. The van der Waals surface area contributed by atoms with Crippen LogP contribution in [-0.2, 0) is 9.47 Å². The van der Waals surface area contributed by atoms with Gasteiger partial charge in [-0.3, -0.25) is 9.59 Å². The summed E-state index contributed by atoms with van der Waals surface area (Å²) in [5, 5.41) is 0.325. The molecule has 2 fully saturated rings. The summed E-state index contributed by atoms with van der Waals surface area (Å²) >= 11 is 2.78. The van der Waals surface area contributed by atoms with Gasteiger partial charge in [-0.1, -0.05) is 45.1 Å². The van der Waals surface area contributed by atoms with E-state index in [2.05, 4.69) is 0 Å². The van der Waals surface area contributed by atoms with Gasteiger partial charge in [-0.2, -0.15) is 0 Å². The van der Waals surface area contributed by atoms with E-state index in [0.29, 0.717) is 52.6 Å². The largest absolute Gasteiger partial charge is 0.378 e. The lowest BCUT2D eigenvalue weighted by atomic mass is 10.5. The summed E-state index contributed by atoms with van der Waals surface area (Å²) in [5.74, 6) is 3.53. The number of thioether (sulfide) groups is 2. The van der Waals surface area contributed by atoms with Crippen LogP contribution in [0.2, 0.25) is 0 Å². The van der Waals surface area contributed by atoms with Crippen molar-refractivity contribution in [1.82, 2.24) is 9.80 Å². The van der Waals surface area contributed by atoms with Gasteiger partial charge in [-0.05, 0) is 0 Å². The van der Waals surface area contributed by atoms with E-state index < -0.39 is 0 Å². The molecule has 0 saturated carbocycles. The first-order valence-corrected chi connectivity index (χ1v) is 12.5. The molecule has 0 radical (unpaired) electrons. The molecule has 0 unspecified atom stereocenters. The Labute approximate surface area is 159 Å². The zero-order valence-electron chi connectivity index (χ0n) is 13.6. The van der Waals surface area contributed by atoms with Gasteiger partial charge in [0.1, 0.15) is 0 Å². The Kier molecular flexibility index (Phi) is 10.8. The van der Waals surface area contributed by atoms with Gasteiger partial charge >= 0.3 is 0 Å². The molecule has 24 heavy (non-hydrogen) atoms. The molecule has 0 atom stereocenters. The zero-order valence-corrected chi connectivity index (χ0v) is 16.9. The van der Waals surface area contributed by atoms with Gasteiger partial charge in [0.05, 0.1) is 26.4 Å². The topological polar surface area (TPSA) is 59.1 Å². The van der Waals surface area contributed by atoms with E-state index in [1.165, 1.54) is 23.5 Å². The first-order valence-electron chi connectivity index (χ1n) is 8.00. The minimum absolute atomic E-state index is 0.163. The van der Waals surface area contributed by atoms with Gasteiger partial charge in [0.25, 0.3) is 10.5 Å². The number of carbonyl (C=O) groups is 2. The van der Waals surface area contributed by atoms with Crippen molar-refractivity contribution in [2.75, 3.05) is 75.6 Å². The molecule has 0 spiro atoms. The van der Waals surface area contributed by atoms with Crippen LogP contribution < -0.4 is 0 Å². The highest BCUT2D eigenvalue weighted by Crippen LogP contribution is 2.24. The maximum absolute atomic E-state index is 11.9. The average molecular weight is 413 g/mol. The highest BCUT2D eigenvalue weighted by Gasteiger charge is 2.17. The molecule has 6 nitrogen and oxygen atoms in total. The fraction of sp³-hybridized carbons (Fsp3) is 0.857. The summed E-state index contributed by atoms with van der Waals surface area (Å²) in [6, 6.07) is 0. The van der Waals surface area contributed by atoms with E-state index in [1.54, 1.807) is 21.6 Å². The second-order valence-corrected chi connectivity index (χ2v) is 9.87. The van der Waals surface area contributed by atoms with Crippen molar-refractivity contribution in [2.24, 2.45) is 0 Å². The minimum atomic E-state index is 0.163. The number of nitrogens with zero attached hydrogens (tertiary/aromatic N) is 2. The van der Waals surface area contributed by atoms with E-state index in [-0.39, 0.29) is 10.5 Å². The van der Waals surface area contributed by atoms with E-state index in [1.807, 2.05) is 9.80 Å². The van der Waals surface area contributed by atoms with Crippen LogP contribution >= 0.6 is 45.1 Å². The molecular formula is C14H24N2O4S4. The molecule has 2 aliphatic rings. The molecule has 0 aromatic carbocycles. The van der Waals surface area contributed by atoms with E-state index in [9.17, 15) is 9.59 Å². The Morgan fingerprint density at radius 1 is 0.667 bits per heavy atom. The highest BCUT2D eigenvalue weighted by molar-refractivity contribution is 8.76. The Morgan fingerprint density at radius 3 is 1.42 bits per heavy atom. The number of morpholine rings is 2. The van der Waals surface area contributed by atoms with E-state index in [0.717, 1.165) is 23.0 Å². The van der Waals surface area contributed by atoms with Crippen molar-refractivity contribution in [3.63, 3.8) is 0 Å². The average Bonchev–Trinajstić information content (AvgIpc) is 2.65. The van der Waals surface area contributed by atoms with Crippen LogP contribution in [0.4, 0.5) is 9.59 Å². The Bertz CT molecular complexity index is 355. The fourth-order valence-electron chi connectivity index (χ4n) is 2.12. The predicted octanol–water partition coefficient (Wildman–Crippen LogP) is 2.74. The lowest BCUT2D eigenvalue weighted by Crippen LogP contribution is -2.38. The number of carbonyl (C=O) groups excluding carboxylic acids is 2. The number of hydrogen-bond acceptors (Lipinski definition) is 8. The van der Waals surface area contributed by atoms with E-state index in [4.69, 9.17) is 9.47 Å². The summed E-state index contributed by atoms with van der Waals surface area (Å²) in [6.45, 7) is 5.44. The van der Waals surface area contributed by atoms with Crippen molar-refractivity contribution in [1.29, 1.82) is 0 Å². The number of rotatable bonds is 7. The van der Waals surface area contributed by atoms with Crippen LogP contribution in [0.15, 0.2) is 0 Å². The summed E-state index contributed by atoms with van der Waals surface area (Å²) in [4.78, 5) is 27.6. The van der Waals surface area contributed by atoms with Crippen LogP contribution in [0.3, 0.4) is 0 Å². The highest BCUT2D eigenvalue weighted by atomic mass is 33.1. The summed E-state index contributed by atoms with van der Waals surface area (Å²) < 4.78 is 10.5. The summed E-state index contributed by atoms with van der Waals surface area (Å²) in [5.41, 5.74) is 0. The van der Waals surface area contributed by atoms with Gasteiger partial charge in [0.2, 0.25) is 0 Å². The van der Waals surface area contributed by atoms with Crippen LogP contribution in [-0.4, -0.2) is 95.9 Å². The van der Waals surface area contributed by atoms with Crippen molar-refractivity contribution >= 4 is 55.6 Å². The van der Waals surface area contributed by atoms with E-state index >= 15 is 0 Å². The van der Waals surface area contributed by atoms with Crippen LogP contribution in [0.25, 0.3) is 0 Å². The second-order valence-electron chi connectivity index (χ2n) is 5.07. The molecule has 2 aliphatic heterocycles. The summed E-state index contributed by atoms with van der Waals surface area (Å²) in [6.07, 6.45) is 0. The first-order chi connectivity index (χ1) is 11.8. The monoisotopic (exact) mass is 412 g/mol. The Hall–Kier alpha value is 0.260. The molecule has 0 bridgehead atoms. The van der Waals surface area contributed by atoms with Crippen LogP contribution in [0.1, 0.15) is 0 Å². The molecule has 2 amide bonds. The van der Waals surface area contributed by atoms with Crippen LogP contribution in [0, 0.1) is 0 Å². The van der Waals surface area contributed by atoms with Gasteiger partial charge in [-0.15, -0.1) is 0 Å². The van der Waals surface area contributed by atoms with Crippen LogP contribution in [0.5, 0.6) is 0 Å². The molecule has 0 aliphatic carbocycles. The summed E-state index contributed by atoms with van der Waals surface area (Å²) in [7, 11) is 3.54. The second kappa shape index (κ2) is 12.6.